The number of halogens is 1. The van der Waals surface area contributed by atoms with Gasteiger partial charge in [-0.15, -0.1) is 15.3 Å². The molecule has 7 nitrogen and oxygen atoms in total. The third kappa shape index (κ3) is 3.71. The maximum atomic E-state index is 12.1. The molecular formula is C17H18ClN5O2S. The Bertz CT molecular complexity index is 927. The van der Waals surface area contributed by atoms with Gasteiger partial charge in [-0.05, 0) is 37.1 Å². The zero-order valence-corrected chi connectivity index (χ0v) is 15.6. The Morgan fingerprint density at radius 3 is 2.73 bits per heavy atom. The molecule has 0 bridgehead atoms. The number of rotatable bonds is 5. The van der Waals surface area contributed by atoms with E-state index in [1.54, 1.807) is 16.7 Å². The van der Waals surface area contributed by atoms with Crippen LogP contribution in [0.5, 0.6) is 0 Å². The van der Waals surface area contributed by atoms with Gasteiger partial charge in [0.15, 0.2) is 5.16 Å². The van der Waals surface area contributed by atoms with Crippen LogP contribution in [0.25, 0.3) is 11.5 Å². The molecule has 1 N–H and O–H groups in total. The van der Waals surface area contributed by atoms with Crippen LogP contribution < -0.4 is 5.69 Å². The van der Waals surface area contributed by atoms with E-state index in [0.29, 0.717) is 27.7 Å². The first-order valence-corrected chi connectivity index (χ1v) is 9.95. The molecule has 3 aromatic rings. The lowest BCUT2D eigenvalue weighted by Gasteiger charge is -2.22. The highest BCUT2D eigenvalue weighted by Gasteiger charge is 2.22. The Balaban J connectivity index is 1.47. The molecule has 2 aromatic heterocycles. The molecule has 1 saturated carbocycles. The lowest BCUT2D eigenvalue weighted by molar-refractivity contribution is 0.330. The maximum Gasteiger partial charge on any atom is 0.344 e. The summed E-state index contributed by atoms with van der Waals surface area (Å²) in [5.74, 6) is 1.40. The minimum absolute atomic E-state index is 0.146. The van der Waals surface area contributed by atoms with Crippen molar-refractivity contribution in [3.63, 3.8) is 0 Å². The van der Waals surface area contributed by atoms with E-state index in [1.165, 1.54) is 18.2 Å². The van der Waals surface area contributed by atoms with Gasteiger partial charge in [-0.3, -0.25) is 4.57 Å². The minimum atomic E-state index is -0.146. The summed E-state index contributed by atoms with van der Waals surface area (Å²) in [5.41, 5.74) is 0.670. The number of aromatic amines is 1. The summed E-state index contributed by atoms with van der Waals surface area (Å²) in [5, 5.41) is 16.2. The Kier molecular flexibility index (Phi) is 5.12. The average Bonchev–Trinajstić information content (AvgIpc) is 3.28. The predicted octanol–water partition coefficient (Wildman–Crippen LogP) is 4.07. The normalized spacial score (nSPS) is 15.4. The smallest absolute Gasteiger partial charge is 0.344 e. The second kappa shape index (κ2) is 7.67. The van der Waals surface area contributed by atoms with E-state index < -0.39 is 0 Å². The van der Waals surface area contributed by atoms with Crippen molar-refractivity contribution in [2.75, 3.05) is 0 Å². The number of benzene rings is 1. The fourth-order valence-corrected chi connectivity index (χ4v) is 4.18. The summed E-state index contributed by atoms with van der Waals surface area (Å²) in [4.78, 5) is 12.1. The van der Waals surface area contributed by atoms with Crippen LogP contribution in [0.15, 0.2) is 38.6 Å². The average molecular weight is 392 g/mol. The SMILES string of the molecule is O=c1[nH]nc(SCc2nnc(-c3ccc(Cl)cc3)o2)n1C1CCCCC1. The van der Waals surface area contributed by atoms with Crippen LogP contribution >= 0.6 is 23.4 Å². The van der Waals surface area contributed by atoms with Gasteiger partial charge in [0.2, 0.25) is 11.8 Å². The van der Waals surface area contributed by atoms with E-state index in [2.05, 4.69) is 20.4 Å². The van der Waals surface area contributed by atoms with Crippen molar-refractivity contribution in [3.8, 4) is 11.5 Å². The fraction of sp³-hybridized carbons (Fsp3) is 0.412. The van der Waals surface area contributed by atoms with Gasteiger partial charge in [-0.2, -0.15) is 0 Å². The van der Waals surface area contributed by atoms with E-state index >= 15 is 0 Å². The number of hydrogen-bond donors (Lipinski definition) is 1. The first kappa shape index (κ1) is 17.4. The summed E-state index contributed by atoms with van der Waals surface area (Å²) in [6, 6.07) is 7.46. The minimum Gasteiger partial charge on any atom is -0.420 e. The first-order valence-electron chi connectivity index (χ1n) is 8.59. The number of aromatic nitrogens is 5. The van der Waals surface area contributed by atoms with Gasteiger partial charge in [0.1, 0.15) is 0 Å². The molecule has 0 saturated heterocycles. The van der Waals surface area contributed by atoms with Crippen LogP contribution in [0.2, 0.25) is 5.02 Å². The van der Waals surface area contributed by atoms with Crippen LogP contribution in [-0.4, -0.2) is 25.0 Å². The van der Waals surface area contributed by atoms with E-state index in [4.69, 9.17) is 16.0 Å². The highest BCUT2D eigenvalue weighted by molar-refractivity contribution is 7.98. The van der Waals surface area contributed by atoms with Crippen molar-refractivity contribution in [1.29, 1.82) is 0 Å². The van der Waals surface area contributed by atoms with Crippen LogP contribution in [-0.2, 0) is 5.75 Å². The van der Waals surface area contributed by atoms with Crippen LogP contribution in [0.1, 0.15) is 44.0 Å². The van der Waals surface area contributed by atoms with Crippen molar-refractivity contribution in [2.45, 2.75) is 49.1 Å². The molecule has 0 radical (unpaired) electrons. The molecule has 4 rings (SSSR count). The van der Waals surface area contributed by atoms with Crippen molar-refractivity contribution in [3.05, 3.63) is 45.7 Å². The summed E-state index contributed by atoms with van der Waals surface area (Å²) in [6.07, 6.45) is 5.59. The standard InChI is InChI=1S/C17H18ClN5O2S/c18-12-8-6-11(7-9-12)15-20-19-14(25-15)10-26-17-22-21-16(24)23(17)13-4-2-1-3-5-13/h6-9,13H,1-5,10H2,(H,21,24). The molecular weight excluding hydrogens is 374 g/mol. The third-order valence-corrected chi connectivity index (χ3v) is 5.68. The topological polar surface area (TPSA) is 89.6 Å². The number of nitrogens with one attached hydrogen (secondary N) is 1. The number of H-pyrrole nitrogens is 1. The number of hydrogen-bond acceptors (Lipinski definition) is 6. The van der Waals surface area contributed by atoms with Crippen molar-refractivity contribution < 1.29 is 4.42 Å². The zero-order valence-electron chi connectivity index (χ0n) is 14.0. The molecule has 0 spiro atoms. The van der Waals surface area contributed by atoms with Crippen molar-refractivity contribution in [2.24, 2.45) is 0 Å². The second-order valence-electron chi connectivity index (χ2n) is 6.27. The van der Waals surface area contributed by atoms with Crippen molar-refractivity contribution in [1.82, 2.24) is 25.0 Å². The Morgan fingerprint density at radius 1 is 1.19 bits per heavy atom. The molecule has 9 heteroatoms. The van der Waals surface area contributed by atoms with Gasteiger partial charge in [0.05, 0.1) is 5.75 Å². The van der Waals surface area contributed by atoms with Crippen LogP contribution in [0.4, 0.5) is 0 Å². The Labute approximate surface area is 159 Å². The number of thioether (sulfide) groups is 1. The largest absolute Gasteiger partial charge is 0.420 e. The van der Waals surface area contributed by atoms with Gasteiger partial charge in [0.25, 0.3) is 0 Å². The second-order valence-corrected chi connectivity index (χ2v) is 7.65. The van der Waals surface area contributed by atoms with Gasteiger partial charge in [-0.1, -0.05) is 42.6 Å². The molecule has 0 unspecified atom stereocenters. The lowest BCUT2D eigenvalue weighted by Crippen LogP contribution is -2.24. The third-order valence-electron chi connectivity index (χ3n) is 4.49. The molecule has 1 fully saturated rings. The van der Waals surface area contributed by atoms with Gasteiger partial charge < -0.3 is 4.42 Å². The maximum absolute atomic E-state index is 12.1. The Morgan fingerprint density at radius 2 is 1.96 bits per heavy atom. The molecule has 0 atom stereocenters. The molecule has 1 aliphatic carbocycles. The summed E-state index contributed by atoms with van der Waals surface area (Å²) < 4.78 is 7.49. The van der Waals surface area contributed by atoms with Crippen LogP contribution in [0.3, 0.4) is 0 Å². The van der Waals surface area contributed by atoms with Gasteiger partial charge in [0, 0.05) is 16.6 Å². The highest BCUT2D eigenvalue weighted by Crippen LogP contribution is 2.31. The van der Waals surface area contributed by atoms with Gasteiger partial charge in [-0.25, -0.2) is 9.89 Å². The molecule has 1 aromatic carbocycles. The van der Waals surface area contributed by atoms with E-state index in [0.717, 1.165) is 31.2 Å². The van der Waals surface area contributed by atoms with Gasteiger partial charge >= 0.3 is 5.69 Å². The quantitative estimate of drug-likeness (QED) is 0.659. The Hall–Kier alpha value is -2.06. The molecule has 1 aliphatic rings. The summed E-state index contributed by atoms with van der Waals surface area (Å²) in [7, 11) is 0. The first-order chi connectivity index (χ1) is 12.7. The molecule has 2 heterocycles. The molecule has 0 amide bonds. The van der Waals surface area contributed by atoms with E-state index in [-0.39, 0.29) is 11.7 Å². The fourth-order valence-electron chi connectivity index (χ4n) is 3.20. The summed E-state index contributed by atoms with van der Waals surface area (Å²) >= 11 is 7.32. The van der Waals surface area contributed by atoms with E-state index in [9.17, 15) is 4.79 Å². The summed E-state index contributed by atoms with van der Waals surface area (Å²) in [6.45, 7) is 0. The monoisotopic (exact) mass is 391 g/mol. The molecule has 136 valence electrons. The highest BCUT2D eigenvalue weighted by atomic mass is 35.5. The van der Waals surface area contributed by atoms with Crippen molar-refractivity contribution >= 4 is 23.4 Å². The predicted molar refractivity (Wildman–Crippen MR) is 99.3 cm³/mol. The van der Waals surface area contributed by atoms with E-state index in [1.807, 2.05) is 12.1 Å². The molecule has 0 aliphatic heterocycles. The molecule has 26 heavy (non-hydrogen) atoms. The zero-order chi connectivity index (χ0) is 17.9. The lowest BCUT2D eigenvalue weighted by atomic mass is 9.95. The number of nitrogens with zero attached hydrogens (tertiary/aromatic N) is 4. The van der Waals surface area contributed by atoms with Crippen LogP contribution in [0, 0.1) is 0 Å².